The van der Waals surface area contributed by atoms with Crippen LogP contribution in [0.3, 0.4) is 0 Å². The minimum Gasteiger partial charge on any atom is -0.497 e. The van der Waals surface area contributed by atoms with Crippen LogP contribution in [0.5, 0.6) is 17.2 Å². The van der Waals surface area contributed by atoms with E-state index in [9.17, 15) is 8.42 Å². The number of aryl methyl sites for hydroxylation is 1. The number of nitrogens with zero attached hydrogens (tertiary/aromatic N) is 2. The molecule has 0 saturated heterocycles. The van der Waals surface area contributed by atoms with Crippen molar-refractivity contribution in [2.45, 2.75) is 24.7 Å². The number of hydrogen-bond donors (Lipinski definition) is 1. The zero-order valence-electron chi connectivity index (χ0n) is 17.1. The number of nitrogens with one attached hydrogen (secondary N) is 1. The standard InChI is InChI=1S/C20H23N3O6S/c1-5-6-19-21-20(29-22-19)15-12-14(8-10-17(15)27-3)30(24,25)23-16-9-7-13(26-2)11-18(16)28-4/h7-12,23H,5-6H2,1-4H3. The largest absolute Gasteiger partial charge is 0.497 e. The normalized spacial score (nSPS) is 11.2. The Kier molecular flexibility index (Phi) is 6.46. The van der Waals surface area contributed by atoms with Crippen LogP contribution in [-0.2, 0) is 16.4 Å². The van der Waals surface area contributed by atoms with Gasteiger partial charge in [0, 0.05) is 12.5 Å². The molecule has 0 atom stereocenters. The average molecular weight is 433 g/mol. The van der Waals surface area contributed by atoms with E-state index in [0.717, 1.165) is 6.42 Å². The third-order valence-corrected chi connectivity index (χ3v) is 5.67. The Morgan fingerprint density at radius 2 is 1.77 bits per heavy atom. The van der Waals surface area contributed by atoms with Crippen LogP contribution in [0.25, 0.3) is 11.5 Å². The van der Waals surface area contributed by atoms with Crippen LogP contribution in [0.15, 0.2) is 45.8 Å². The summed E-state index contributed by atoms with van der Waals surface area (Å²) in [6, 6.07) is 9.19. The van der Waals surface area contributed by atoms with Gasteiger partial charge in [-0.15, -0.1) is 0 Å². The summed E-state index contributed by atoms with van der Waals surface area (Å²) in [7, 11) is 0.503. The van der Waals surface area contributed by atoms with Gasteiger partial charge < -0.3 is 18.7 Å². The van der Waals surface area contributed by atoms with E-state index < -0.39 is 10.0 Å². The molecule has 0 amide bonds. The molecule has 9 nitrogen and oxygen atoms in total. The van der Waals surface area contributed by atoms with Crippen LogP contribution in [0.4, 0.5) is 5.69 Å². The van der Waals surface area contributed by atoms with Crippen LogP contribution in [0, 0.1) is 0 Å². The summed E-state index contributed by atoms with van der Waals surface area (Å²) in [4.78, 5) is 4.33. The molecule has 30 heavy (non-hydrogen) atoms. The highest BCUT2D eigenvalue weighted by Gasteiger charge is 2.22. The minimum atomic E-state index is -3.94. The highest BCUT2D eigenvalue weighted by molar-refractivity contribution is 7.92. The lowest BCUT2D eigenvalue weighted by Gasteiger charge is -2.14. The van der Waals surface area contributed by atoms with E-state index in [1.54, 1.807) is 24.3 Å². The fraction of sp³-hybridized carbons (Fsp3) is 0.300. The Morgan fingerprint density at radius 1 is 1.00 bits per heavy atom. The third kappa shape index (κ3) is 4.48. The molecule has 1 heterocycles. The number of benzene rings is 2. The molecule has 0 aliphatic heterocycles. The molecule has 0 radical (unpaired) electrons. The van der Waals surface area contributed by atoms with Gasteiger partial charge in [-0.3, -0.25) is 4.72 Å². The van der Waals surface area contributed by atoms with E-state index in [-0.39, 0.29) is 16.5 Å². The number of aromatic nitrogens is 2. The molecule has 0 spiro atoms. The number of sulfonamides is 1. The minimum absolute atomic E-state index is 0.00594. The topological polar surface area (TPSA) is 113 Å². The summed E-state index contributed by atoms with van der Waals surface area (Å²) in [5, 5.41) is 3.92. The lowest BCUT2D eigenvalue weighted by Crippen LogP contribution is -2.14. The lowest BCUT2D eigenvalue weighted by molar-refractivity contribution is 0.395. The maximum Gasteiger partial charge on any atom is 0.262 e. The number of ether oxygens (including phenoxy) is 3. The van der Waals surface area contributed by atoms with Crippen molar-refractivity contribution in [3.8, 4) is 28.7 Å². The van der Waals surface area contributed by atoms with Crippen molar-refractivity contribution in [2.24, 2.45) is 0 Å². The van der Waals surface area contributed by atoms with E-state index >= 15 is 0 Å². The average Bonchev–Trinajstić information content (AvgIpc) is 3.22. The van der Waals surface area contributed by atoms with Crippen molar-refractivity contribution in [2.75, 3.05) is 26.1 Å². The van der Waals surface area contributed by atoms with Crippen molar-refractivity contribution < 1.29 is 27.2 Å². The number of anilines is 1. The molecule has 160 valence electrons. The summed E-state index contributed by atoms with van der Waals surface area (Å²) in [6.07, 6.45) is 1.51. The smallest absolute Gasteiger partial charge is 0.262 e. The summed E-state index contributed by atoms with van der Waals surface area (Å²) < 4.78 is 49.6. The van der Waals surface area contributed by atoms with Crippen molar-refractivity contribution in [3.63, 3.8) is 0 Å². The van der Waals surface area contributed by atoms with Crippen LogP contribution >= 0.6 is 0 Å². The SMILES string of the molecule is CCCc1noc(-c2cc(S(=O)(=O)Nc3ccc(OC)cc3OC)ccc2OC)n1. The third-order valence-electron chi connectivity index (χ3n) is 4.31. The van der Waals surface area contributed by atoms with E-state index in [1.165, 1.54) is 33.5 Å². The molecule has 3 rings (SSSR count). The van der Waals surface area contributed by atoms with Crippen LogP contribution in [0.2, 0.25) is 0 Å². The van der Waals surface area contributed by atoms with E-state index in [2.05, 4.69) is 14.9 Å². The van der Waals surface area contributed by atoms with Gasteiger partial charge in [-0.2, -0.15) is 4.98 Å². The van der Waals surface area contributed by atoms with E-state index in [4.69, 9.17) is 18.7 Å². The first-order valence-electron chi connectivity index (χ1n) is 9.17. The first-order valence-corrected chi connectivity index (χ1v) is 10.7. The van der Waals surface area contributed by atoms with Gasteiger partial charge in [0.05, 0.1) is 37.5 Å². The Labute approximate surface area is 175 Å². The van der Waals surface area contributed by atoms with E-state index in [0.29, 0.717) is 35.1 Å². The fourth-order valence-electron chi connectivity index (χ4n) is 2.80. The van der Waals surface area contributed by atoms with Crippen LogP contribution < -0.4 is 18.9 Å². The number of rotatable bonds is 9. The van der Waals surface area contributed by atoms with Crippen molar-refractivity contribution in [3.05, 3.63) is 42.2 Å². The monoisotopic (exact) mass is 433 g/mol. The Bertz CT molecular complexity index is 1130. The highest BCUT2D eigenvalue weighted by atomic mass is 32.2. The molecule has 1 aromatic heterocycles. The van der Waals surface area contributed by atoms with Crippen LogP contribution in [0.1, 0.15) is 19.2 Å². The molecule has 0 aliphatic carbocycles. The van der Waals surface area contributed by atoms with Gasteiger partial charge in [-0.05, 0) is 36.8 Å². The molecule has 0 fully saturated rings. The van der Waals surface area contributed by atoms with Crippen LogP contribution in [-0.4, -0.2) is 39.9 Å². The zero-order chi connectivity index (χ0) is 21.7. The summed E-state index contributed by atoms with van der Waals surface area (Å²) in [6.45, 7) is 2.00. The Morgan fingerprint density at radius 3 is 2.43 bits per heavy atom. The molecule has 0 saturated carbocycles. The molecule has 1 N–H and O–H groups in total. The molecule has 10 heteroatoms. The molecule has 0 bridgehead atoms. The zero-order valence-corrected chi connectivity index (χ0v) is 17.9. The molecule has 0 aliphatic rings. The van der Waals surface area contributed by atoms with Crippen molar-refractivity contribution in [1.29, 1.82) is 0 Å². The van der Waals surface area contributed by atoms with Gasteiger partial charge >= 0.3 is 0 Å². The maximum absolute atomic E-state index is 13.0. The second kappa shape index (κ2) is 9.04. The predicted molar refractivity (Wildman–Crippen MR) is 111 cm³/mol. The van der Waals surface area contributed by atoms with Crippen molar-refractivity contribution in [1.82, 2.24) is 10.1 Å². The molecule has 0 unspecified atom stereocenters. The summed E-state index contributed by atoms with van der Waals surface area (Å²) in [5.41, 5.74) is 0.663. The second-order valence-corrected chi connectivity index (χ2v) is 7.98. The predicted octanol–water partition coefficient (Wildman–Crippen LogP) is 3.52. The molecule has 2 aromatic carbocycles. The highest BCUT2D eigenvalue weighted by Crippen LogP contribution is 2.34. The van der Waals surface area contributed by atoms with Gasteiger partial charge in [0.25, 0.3) is 15.9 Å². The fourth-order valence-corrected chi connectivity index (χ4v) is 3.89. The quantitative estimate of drug-likeness (QED) is 0.545. The Hall–Kier alpha value is -3.27. The molecule has 3 aromatic rings. The van der Waals surface area contributed by atoms with Crippen molar-refractivity contribution >= 4 is 15.7 Å². The summed E-state index contributed by atoms with van der Waals surface area (Å²) >= 11 is 0. The number of hydrogen-bond acceptors (Lipinski definition) is 8. The maximum atomic E-state index is 13.0. The second-order valence-electron chi connectivity index (χ2n) is 6.30. The van der Waals surface area contributed by atoms with Gasteiger partial charge in [0.15, 0.2) is 5.82 Å². The molecular formula is C20H23N3O6S. The number of methoxy groups -OCH3 is 3. The van der Waals surface area contributed by atoms with Gasteiger partial charge in [-0.1, -0.05) is 12.1 Å². The summed E-state index contributed by atoms with van der Waals surface area (Å²) in [5.74, 6) is 2.02. The van der Waals surface area contributed by atoms with Gasteiger partial charge in [-0.25, -0.2) is 8.42 Å². The first-order chi connectivity index (χ1) is 14.4. The lowest BCUT2D eigenvalue weighted by atomic mass is 10.2. The first kappa shape index (κ1) is 21.4. The molecular weight excluding hydrogens is 410 g/mol. The van der Waals surface area contributed by atoms with Gasteiger partial charge in [0.2, 0.25) is 0 Å². The van der Waals surface area contributed by atoms with E-state index in [1.807, 2.05) is 6.92 Å². The Balaban J connectivity index is 1.98. The van der Waals surface area contributed by atoms with Gasteiger partial charge in [0.1, 0.15) is 17.2 Å².